The molecule has 0 aliphatic heterocycles. The minimum Gasteiger partial charge on any atom is -0.506 e. The molecule has 19 heavy (non-hydrogen) atoms. The molecule has 0 amide bonds. The van der Waals surface area contributed by atoms with Gasteiger partial charge in [-0.05, 0) is 40.5 Å². The summed E-state index contributed by atoms with van der Waals surface area (Å²) in [5.74, 6) is -1.21. The summed E-state index contributed by atoms with van der Waals surface area (Å²) < 4.78 is 27.8. The summed E-state index contributed by atoms with van der Waals surface area (Å²) in [5.41, 5.74) is 0.733. The van der Waals surface area contributed by atoms with Crippen molar-refractivity contribution in [2.24, 2.45) is 0 Å². The zero-order chi connectivity index (χ0) is 14.0. The lowest BCUT2D eigenvalue weighted by molar-refractivity contribution is 0.465. The first-order valence-corrected chi connectivity index (χ1v) is 6.45. The average molecular weight is 328 g/mol. The number of benzene rings is 2. The van der Waals surface area contributed by atoms with Crippen molar-refractivity contribution in [3.8, 4) is 5.75 Å². The molecule has 0 aliphatic rings. The summed E-state index contributed by atoms with van der Waals surface area (Å²) in [5, 5.41) is 12.5. The van der Waals surface area contributed by atoms with E-state index in [0.29, 0.717) is 15.6 Å². The highest BCUT2D eigenvalue weighted by molar-refractivity contribution is 9.10. The Morgan fingerprint density at radius 3 is 2.68 bits per heavy atom. The van der Waals surface area contributed by atoms with Crippen LogP contribution < -0.4 is 5.32 Å². The predicted octanol–water partition coefficient (Wildman–Crippen LogP) is 4.35. The molecule has 100 valence electrons. The van der Waals surface area contributed by atoms with Gasteiger partial charge in [-0.1, -0.05) is 18.2 Å². The van der Waals surface area contributed by atoms with E-state index >= 15 is 0 Å². The van der Waals surface area contributed by atoms with Crippen molar-refractivity contribution in [2.75, 3.05) is 5.32 Å². The maximum Gasteiger partial charge on any atom is 0.152 e. The van der Waals surface area contributed by atoms with Crippen LogP contribution in [0.4, 0.5) is 14.5 Å². The second kappa shape index (κ2) is 5.57. The van der Waals surface area contributed by atoms with Crippen LogP contribution in [0.5, 0.6) is 5.75 Å². The second-order valence-corrected chi connectivity index (χ2v) is 5.01. The zero-order valence-corrected chi connectivity index (χ0v) is 11.8. The zero-order valence-electron chi connectivity index (χ0n) is 10.2. The molecule has 0 aromatic heterocycles. The molecule has 0 atom stereocenters. The van der Waals surface area contributed by atoms with Crippen LogP contribution in [0.3, 0.4) is 0 Å². The van der Waals surface area contributed by atoms with Crippen molar-refractivity contribution in [1.29, 1.82) is 0 Å². The monoisotopic (exact) mass is 327 g/mol. The van der Waals surface area contributed by atoms with Gasteiger partial charge in [-0.2, -0.15) is 0 Å². The van der Waals surface area contributed by atoms with Gasteiger partial charge >= 0.3 is 0 Å². The average Bonchev–Trinajstić information content (AvgIpc) is 2.39. The highest BCUT2D eigenvalue weighted by atomic mass is 79.9. The fourth-order valence-electron chi connectivity index (χ4n) is 1.70. The molecule has 5 heteroatoms. The van der Waals surface area contributed by atoms with E-state index in [2.05, 4.69) is 21.2 Å². The molecule has 2 N–H and O–H groups in total. The van der Waals surface area contributed by atoms with Gasteiger partial charge in [0.2, 0.25) is 0 Å². The molecule has 0 saturated carbocycles. The van der Waals surface area contributed by atoms with Crippen LogP contribution in [0.15, 0.2) is 34.8 Å². The van der Waals surface area contributed by atoms with Gasteiger partial charge in [0.05, 0.1) is 4.47 Å². The third kappa shape index (κ3) is 2.87. The van der Waals surface area contributed by atoms with E-state index in [0.717, 1.165) is 0 Å². The molecule has 0 aliphatic carbocycles. The Labute approximate surface area is 118 Å². The van der Waals surface area contributed by atoms with E-state index in [1.165, 1.54) is 12.1 Å². The van der Waals surface area contributed by atoms with Gasteiger partial charge in [-0.25, -0.2) is 8.78 Å². The predicted molar refractivity (Wildman–Crippen MR) is 74.2 cm³/mol. The van der Waals surface area contributed by atoms with Crippen LogP contribution in [-0.4, -0.2) is 5.11 Å². The second-order valence-electron chi connectivity index (χ2n) is 4.15. The number of rotatable bonds is 3. The van der Waals surface area contributed by atoms with Crippen LogP contribution in [0.1, 0.15) is 11.1 Å². The topological polar surface area (TPSA) is 32.3 Å². The smallest absolute Gasteiger partial charge is 0.152 e. The minimum absolute atomic E-state index is 0.0588. The highest BCUT2D eigenvalue weighted by Crippen LogP contribution is 2.29. The lowest BCUT2D eigenvalue weighted by Gasteiger charge is -2.11. The number of aryl methyl sites for hydroxylation is 1. The van der Waals surface area contributed by atoms with Crippen LogP contribution in [0, 0.1) is 18.6 Å². The Hall–Kier alpha value is -1.62. The largest absolute Gasteiger partial charge is 0.506 e. The van der Waals surface area contributed by atoms with Gasteiger partial charge < -0.3 is 10.4 Å². The Morgan fingerprint density at radius 2 is 1.95 bits per heavy atom. The van der Waals surface area contributed by atoms with Crippen molar-refractivity contribution in [1.82, 2.24) is 0 Å². The Balaban J connectivity index is 2.24. The number of halogens is 3. The van der Waals surface area contributed by atoms with E-state index in [-0.39, 0.29) is 18.0 Å². The summed E-state index contributed by atoms with van der Waals surface area (Å²) in [7, 11) is 0. The molecule has 2 nitrogen and oxygen atoms in total. The number of aromatic hydroxyl groups is 1. The number of para-hydroxylation sites is 1. The summed E-state index contributed by atoms with van der Waals surface area (Å²) in [6, 6.07) is 7.70. The number of hydrogen-bond acceptors (Lipinski definition) is 2. The molecular formula is C14H12BrF2NO. The number of hydrogen-bond donors (Lipinski definition) is 2. The van der Waals surface area contributed by atoms with Crippen LogP contribution >= 0.6 is 15.9 Å². The van der Waals surface area contributed by atoms with Gasteiger partial charge in [0.1, 0.15) is 17.3 Å². The van der Waals surface area contributed by atoms with E-state index < -0.39 is 11.6 Å². The maximum absolute atomic E-state index is 13.8. The summed E-state index contributed by atoms with van der Waals surface area (Å²) in [4.78, 5) is 0. The molecule has 0 heterocycles. The maximum atomic E-state index is 13.8. The van der Waals surface area contributed by atoms with Gasteiger partial charge in [-0.15, -0.1) is 0 Å². The molecule has 0 radical (unpaired) electrons. The number of phenolic OH excluding ortho intramolecular Hbond substituents is 1. The third-order valence-corrected chi connectivity index (χ3v) is 3.45. The highest BCUT2D eigenvalue weighted by Gasteiger charge is 2.12. The van der Waals surface area contributed by atoms with Gasteiger partial charge in [0.25, 0.3) is 0 Å². The fourth-order valence-corrected chi connectivity index (χ4v) is 2.11. The van der Waals surface area contributed by atoms with Crippen molar-refractivity contribution in [2.45, 2.75) is 13.5 Å². The molecule has 0 spiro atoms. The standard InChI is InChI=1S/C14H12BrF2NO/c1-8-5-6-11(16)13(12(8)17)18-7-9-3-2-4-10(15)14(9)19/h2-6,18-19H,7H2,1H3. The molecule has 2 aromatic rings. The van der Waals surface area contributed by atoms with E-state index in [1.54, 1.807) is 25.1 Å². The Kier molecular flexibility index (Phi) is 4.04. The molecule has 0 bridgehead atoms. The van der Waals surface area contributed by atoms with E-state index in [9.17, 15) is 13.9 Å². The van der Waals surface area contributed by atoms with Gasteiger partial charge in [-0.3, -0.25) is 0 Å². The molecule has 2 aromatic carbocycles. The quantitative estimate of drug-likeness (QED) is 0.878. The van der Waals surface area contributed by atoms with Crippen LogP contribution in [-0.2, 0) is 6.54 Å². The molecule has 0 saturated heterocycles. The number of anilines is 1. The molecule has 0 fully saturated rings. The van der Waals surface area contributed by atoms with E-state index in [4.69, 9.17) is 0 Å². The van der Waals surface area contributed by atoms with Crippen LogP contribution in [0.2, 0.25) is 0 Å². The molecule has 2 rings (SSSR count). The van der Waals surface area contributed by atoms with E-state index in [1.807, 2.05) is 0 Å². The minimum atomic E-state index is -0.655. The van der Waals surface area contributed by atoms with Crippen molar-refractivity contribution in [3.63, 3.8) is 0 Å². The van der Waals surface area contributed by atoms with Gasteiger partial charge in [0.15, 0.2) is 5.82 Å². The fraction of sp³-hybridized carbons (Fsp3) is 0.143. The summed E-state index contributed by atoms with van der Waals surface area (Å²) >= 11 is 3.19. The van der Waals surface area contributed by atoms with Crippen molar-refractivity contribution < 1.29 is 13.9 Å². The summed E-state index contributed by atoms with van der Waals surface area (Å²) in [6.45, 7) is 1.69. The number of phenols is 1. The number of nitrogens with one attached hydrogen (secondary N) is 1. The Bertz CT molecular complexity index is 617. The van der Waals surface area contributed by atoms with Crippen molar-refractivity contribution in [3.05, 3.63) is 57.6 Å². The lowest BCUT2D eigenvalue weighted by atomic mass is 10.1. The molecular weight excluding hydrogens is 316 g/mol. The van der Waals surface area contributed by atoms with Crippen molar-refractivity contribution >= 4 is 21.6 Å². The van der Waals surface area contributed by atoms with Gasteiger partial charge in [0, 0.05) is 12.1 Å². The Morgan fingerprint density at radius 1 is 1.21 bits per heavy atom. The van der Waals surface area contributed by atoms with Crippen LogP contribution in [0.25, 0.3) is 0 Å². The normalized spacial score (nSPS) is 10.5. The first-order valence-electron chi connectivity index (χ1n) is 5.65. The lowest BCUT2D eigenvalue weighted by Crippen LogP contribution is -2.05. The first kappa shape index (κ1) is 13.8. The first-order chi connectivity index (χ1) is 9.00. The third-order valence-electron chi connectivity index (χ3n) is 2.81. The SMILES string of the molecule is Cc1ccc(F)c(NCc2cccc(Br)c2O)c1F. The molecule has 0 unspecified atom stereocenters. The summed E-state index contributed by atoms with van der Waals surface area (Å²) in [6.07, 6.45) is 0.